The number of terminal acetylenes is 1. The molecule has 3 heterocycles. The molecule has 1 saturated carbocycles. The number of nitrogens with zero attached hydrogens (tertiary/aromatic N) is 4. The lowest BCUT2D eigenvalue weighted by Crippen LogP contribution is -2.39. The van der Waals surface area contributed by atoms with Crippen molar-refractivity contribution in [3.63, 3.8) is 0 Å². The Labute approximate surface area is 182 Å². The van der Waals surface area contributed by atoms with Gasteiger partial charge in [-0.3, -0.25) is 9.69 Å². The summed E-state index contributed by atoms with van der Waals surface area (Å²) < 4.78 is 0. The summed E-state index contributed by atoms with van der Waals surface area (Å²) in [5.74, 6) is 5.22. The first kappa shape index (κ1) is 19.8. The molecule has 0 spiro atoms. The van der Waals surface area contributed by atoms with E-state index in [1.165, 1.54) is 52.8 Å². The second kappa shape index (κ2) is 8.52. The zero-order valence-electron chi connectivity index (χ0n) is 17.5. The van der Waals surface area contributed by atoms with Gasteiger partial charge in [0.05, 0.1) is 18.5 Å². The Bertz CT molecular complexity index is 990. The zero-order valence-corrected chi connectivity index (χ0v) is 18.3. The van der Waals surface area contributed by atoms with Crippen molar-refractivity contribution in [1.29, 1.82) is 0 Å². The van der Waals surface area contributed by atoms with Crippen molar-refractivity contribution in [3.05, 3.63) is 16.3 Å². The molecule has 2 aromatic heterocycles. The number of aromatic nitrogens is 2. The molecule has 6 nitrogen and oxygen atoms in total. The van der Waals surface area contributed by atoms with Crippen LogP contribution >= 0.6 is 11.3 Å². The van der Waals surface area contributed by atoms with Crippen LogP contribution in [-0.4, -0.2) is 60.0 Å². The zero-order chi connectivity index (χ0) is 20.5. The van der Waals surface area contributed by atoms with E-state index in [9.17, 15) is 4.79 Å². The van der Waals surface area contributed by atoms with Crippen molar-refractivity contribution < 1.29 is 4.79 Å². The first-order valence-corrected chi connectivity index (χ1v) is 12.0. The maximum absolute atomic E-state index is 12.1. The number of carbonyl (C=O) groups excluding carboxylic acids is 1. The molecule has 30 heavy (non-hydrogen) atoms. The molecule has 0 radical (unpaired) electrons. The van der Waals surface area contributed by atoms with Gasteiger partial charge in [0, 0.05) is 37.0 Å². The summed E-state index contributed by atoms with van der Waals surface area (Å²) in [6.07, 6.45) is 13.6. The molecule has 2 aromatic rings. The van der Waals surface area contributed by atoms with Crippen LogP contribution in [-0.2, 0) is 17.6 Å². The normalized spacial score (nSPS) is 19.9. The Hall–Kier alpha value is -2.17. The summed E-state index contributed by atoms with van der Waals surface area (Å²) >= 11 is 1.90. The van der Waals surface area contributed by atoms with Crippen LogP contribution < -0.4 is 10.2 Å². The largest absolute Gasteiger partial charge is 0.355 e. The summed E-state index contributed by atoms with van der Waals surface area (Å²) in [4.78, 5) is 29.6. The topological polar surface area (TPSA) is 61.4 Å². The lowest BCUT2D eigenvalue weighted by Gasteiger charge is -2.24. The molecule has 1 aliphatic heterocycles. The van der Waals surface area contributed by atoms with Crippen LogP contribution in [0.25, 0.3) is 10.2 Å². The number of hydrogen-bond acceptors (Lipinski definition) is 6. The molecule has 2 fully saturated rings. The molecule has 5 rings (SSSR count). The number of amides is 1. The fraction of sp³-hybridized carbons (Fsp3) is 0.609. The van der Waals surface area contributed by atoms with Gasteiger partial charge in [0.25, 0.3) is 0 Å². The van der Waals surface area contributed by atoms with Gasteiger partial charge in [0.15, 0.2) is 0 Å². The van der Waals surface area contributed by atoms with Crippen LogP contribution in [0.4, 0.5) is 5.82 Å². The standard InChI is InChI=1S/C23H29N5OS/c1-2-10-24-19(29)15-27-11-5-12-28(14-13-27)22-20-17-6-3-4-7-18(17)30-23(20)26-21(25-22)16-8-9-16/h1,16H,3-15H2,(H,24,29). The number of hydrogen-bond donors (Lipinski definition) is 1. The maximum atomic E-state index is 12.1. The summed E-state index contributed by atoms with van der Waals surface area (Å²) in [5.41, 5.74) is 1.51. The molecular weight excluding hydrogens is 394 g/mol. The van der Waals surface area contributed by atoms with Gasteiger partial charge in [-0.1, -0.05) is 5.92 Å². The van der Waals surface area contributed by atoms with Crippen molar-refractivity contribution in [2.24, 2.45) is 0 Å². The summed E-state index contributed by atoms with van der Waals surface area (Å²) in [6.45, 7) is 4.36. The second-order valence-electron chi connectivity index (χ2n) is 8.67. The molecule has 7 heteroatoms. The number of carbonyl (C=O) groups is 1. The van der Waals surface area contributed by atoms with Crippen LogP contribution in [0, 0.1) is 12.3 Å². The maximum Gasteiger partial charge on any atom is 0.234 e. The Balaban J connectivity index is 1.40. The molecule has 0 aromatic carbocycles. The van der Waals surface area contributed by atoms with Crippen LogP contribution in [0.15, 0.2) is 0 Å². The minimum atomic E-state index is 0.00810. The van der Waals surface area contributed by atoms with Crippen LogP contribution in [0.2, 0.25) is 0 Å². The molecule has 0 bridgehead atoms. The third kappa shape index (κ3) is 4.03. The highest BCUT2D eigenvalue weighted by atomic mass is 32.1. The molecule has 158 valence electrons. The van der Waals surface area contributed by atoms with Gasteiger partial charge in [-0.15, -0.1) is 17.8 Å². The van der Waals surface area contributed by atoms with Gasteiger partial charge in [0.1, 0.15) is 16.5 Å². The Morgan fingerprint density at radius 1 is 1.13 bits per heavy atom. The van der Waals surface area contributed by atoms with E-state index in [1.54, 1.807) is 0 Å². The average Bonchev–Trinajstić information content (AvgIpc) is 3.56. The number of aryl methyl sites for hydroxylation is 2. The third-order valence-electron chi connectivity index (χ3n) is 6.40. The van der Waals surface area contributed by atoms with Gasteiger partial charge in [-0.25, -0.2) is 9.97 Å². The van der Waals surface area contributed by atoms with Crippen LogP contribution in [0.3, 0.4) is 0 Å². The molecular formula is C23H29N5OS. The van der Waals surface area contributed by atoms with E-state index in [2.05, 4.69) is 21.0 Å². The number of fused-ring (bicyclic) bond motifs is 3. The predicted octanol–water partition coefficient (Wildman–Crippen LogP) is 2.71. The molecule has 0 unspecified atom stereocenters. The minimum Gasteiger partial charge on any atom is -0.355 e. The lowest BCUT2D eigenvalue weighted by molar-refractivity contribution is -0.121. The van der Waals surface area contributed by atoms with E-state index in [1.807, 2.05) is 11.3 Å². The van der Waals surface area contributed by atoms with Gasteiger partial charge >= 0.3 is 0 Å². The fourth-order valence-electron chi connectivity index (χ4n) is 4.66. The van der Waals surface area contributed by atoms with Gasteiger partial charge in [0.2, 0.25) is 5.91 Å². The molecule has 1 amide bonds. The fourth-order valence-corrected chi connectivity index (χ4v) is 5.92. The van der Waals surface area contributed by atoms with Crippen molar-refractivity contribution in [2.75, 3.05) is 44.2 Å². The number of nitrogens with one attached hydrogen (secondary N) is 1. The Morgan fingerprint density at radius 3 is 2.83 bits per heavy atom. The SMILES string of the molecule is C#CCNC(=O)CN1CCCN(c2nc(C3CC3)nc3sc4c(c23)CCCC4)CC1. The summed E-state index contributed by atoms with van der Waals surface area (Å²) in [6, 6.07) is 0. The first-order valence-electron chi connectivity index (χ1n) is 11.2. The number of anilines is 1. The van der Waals surface area contributed by atoms with E-state index in [0.717, 1.165) is 50.7 Å². The van der Waals surface area contributed by atoms with Crippen LogP contribution in [0.5, 0.6) is 0 Å². The van der Waals surface area contributed by atoms with Crippen molar-refractivity contribution in [2.45, 2.75) is 50.9 Å². The second-order valence-corrected chi connectivity index (χ2v) is 9.75. The highest BCUT2D eigenvalue weighted by Crippen LogP contribution is 2.44. The van der Waals surface area contributed by atoms with E-state index in [-0.39, 0.29) is 5.91 Å². The highest BCUT2D eigenvalue weighted by molar-refractivity contribution is 7.19. The lowest BCUT2D eigenvalue weighted by atomic mass is 9.97. The quantitative estimate of drug-likeness (QED) is 0.750. The van der Waals surface area contributed by atoms with Crippen molar-refractivity contribution in [1.82, 2.24) is 20.2 Å². The third-order valence-corrected chi connectivity index (χ3v) is 7.58. The molecule has 1 saturated heterocycles. The van der Waals surface area contributed by atoms with E-state index in [4.69, 9.17) is 16.4 Å². The number of thiophene rings is 1. The molecule has 2 aliphatic carbocycles. The van der Waals surface area contributed by atoms with E-state index < -0.39 is 0 Å². The van der Waals surface area contributed by atoms with Crippen LogP contribution in [0.1, 0.15) is 54.3 Å². The van der Waals surface area contributed by atoms with E-state index in [0.29, 0.717) is 19.0 Å². The Morgan fingerprint density at radius 2 is 2.00 bits per heavy atom. The summed E-state index contributed by atoms with van der Waals surface area (Å²) in [7, 11) is 0. The van der Waals surface area contributed by atoms with Crippen molar-refractivity contribution in [3.8, 4) is 12.3 Å². The number of rotatable bonds is 5. The van der Waals surface area contributed by atoms with Crippen molar-refractivity contribution >= 4 is 33.3 Å². The Kier molecular flexibility index (Phi) is 5.62. The van der Waals surface area contributed by atoms with Gasteiger partial charge in [-0.2, -0.15) is 0 Å². The molecule has 1 N–H and O–H groups in total. The van der Waals surface area contributed by atoms with E-state index >= 15 is 0 Å². The molecule has 0 atom stereocenters. The summed E-state index contributed by atoms with van der Waals surface area (Å²) in [5, 5.41) is 4.09. The monoisotopic (exact) mass is 423 g/mol. The van der Waals surface area contributed by atoms with Gasteiger partial charge < -0.3 is 10.2 Å². The smallest absolute Gasteiger partial charge is 0.234 e. The highest BCUT2D eigenvalue weighted by Gasteiger charge is 2.31. The minimum absolute atomic E-state index is 0.00810. The predicted molar refractivity (Wildman–Crippen MR) is 121 cm³/mol. The average molecular weight is 424 g/mol. The molecule has 3 aliphatic rings. The van der Waals surface area contributed by atoms with Gasteiger partial charge in [-0.05, 0) is 50.5 Å². The first-order chi connectivity index (χ1) is 14.7.